The first-order valence-corrected chi connectivity index (χ1v) is 10.7. The summed E-state index contributed by atoms with van der Waals surface area (Å²) >= 11 is 0. The standard InChI is InChI=1S/C23H21NO3S/c1-17-7-10-21(11-8-17)28(25,26)16-19-14-24-23-13-20(9-12-22(19)23)27-15-18-5-3-2-4-6-18/h2-14,24H,15-16H2,1H3. The van der Waals surface area contributed by atoms with Gasteiger partial charge in [0.05, 0.1) is 10.6 Å². The fraction of sp³-hybridized carbons (Fsp3) is 0.130. The van der Waals surface area contributed by atoms with E-state index in [0.717, 1.165) is 33.3 Å². The minimum absolute atomic E-state index is 0.0414. The molecule has 142 valence electrons. The van der Waals surface area contributed by atoms with E-state index >= 15 is 0 Å². The number of aryl methyl sites for hydroxylation is 1. The summed E-state index contributed by atoms with van der Waals surface area (Å²) < 4.78 is 31.3. The normalized spacial score (nSPS) is 11.6. The van der Waals surface area contributed by atoms with Gasteiger partial charge in [0.2, 0.25) is 0 Å². The Labute approximate surface area is 164 Å². The van der Waals surface area contributed by atoms with Gasteiger partial charge in [-0.3, -0.25) is 0 Å². The molecule has 28 heavy (non-hydrogen) atoms. The van der Waals surface area contributed by atoms with Crippen LogP contribution >= 0.6 is 0 Å². The predicted molar refractivity (Wildman–Crippen MR) is 111 cm³/mol. The third-order valence-electron chi connectivity index (χ3n) is 4.71. The summed E-state index contributed by atoms with van der Waals surface area (Å²) in [6.45, 7) is 2.43. The largest absolute Gasteiger partial charge is 0.489 e. The lowest BCUT2D eigenvalue weighted by Crippen LogP contribution is -2.04. The first-order valence-electron chi connectivity index (χ1n) is 9.07. The molecule has 0 fully saturated rings. The number of rotatable bonds is 6. The molecule has 1 heterocycles. The molecule has 4 aromatic rings. The zero-order valence-corrected chi connectivity index (χ0v) is 16.4. The van der Waals surface area contributed by atoms with Gasteiger partial charge < -0.3 is 9.72 Å². The molecule has 0 unspecified atom stereocenters. The Bertz CT molecular complexity index is 1190. The van der Waals surface area contributed by atoms with E-state index in [1.165, 1.54) is 0 Å². The van der Waals surface area contributed by atoms with Crippen molar-refractivity contribution in [3.8, 4) is 5.75 Å². The number of nitrogens with one attached hydrogen (secondary N) is 1. The molecule has 4 nitrogen and oxygen atoms in total. The van der Waals surface area contributed by atoms with Crippen LogP contribution in [0, 0.1) is 6.92 Å². The molecule has 0 atom stereocenters. The predicted octanol–water partition coefficient (Wildman–Crippen LogP) is 5.03. The molecular formula is C23H21NO3S. The Hall–Kier alpha value is -3.05. The van der Waals surface area contributed by atoms with Gasteiger partial charge in [0.15, 0.2) is 9.84 Å². The van der Waals surface area contributed by atoms with Crippen LogP contribution in [-0.4, -0.2) is 13.4 Å². The molecule has 0 aliphatic carbocycles. The number of hydrogen-bond donors (Lipinski definition) is 1. The van der Waals surface area contributed by atoms with E-state index in [1.54, 1.807) is 18.3 Å². The fourth-order valence-electron chi connectivity index (χ4n) is 3.15. The van der Waals surface area contributed by atoms with Crippen LogP contribution in [0.1, 0.15) is 16.7 Å². The molecule has 1 aromatic heterocycles. The average molecular weight is 391 g/mol. The molecule has 0 saturated heterocycles. The number of fused-ring (bicyclic) bond motifs is 1. The maximum absolute atomic E-state index is 12.7. The highest BCUT2D eigenvalue weighted by molar-refractivity contribution is 7.90. The van der Waals surface area contributed by atoms with Crippen molar-refractivity contribution in [3.63, 3.8) is 0 Å². The molecule has 5 heteroatoms. The first-order chi connectivity index (χ1) is 13.5. The van der Waals surface area contributed by atoms with Crippen molar-refractivity contribution in [2.45, 2.75) is 24.2 Å². The second kappa shape index (κ2) is 7.52. The molecule has 0 radical (unpaired) electrons. The molecule has 0 spiro atoms. The van der Waals surface area contributed by atoms with Crippen LogP contribution in [-0.2, 0) is 22.2 Å². The number of aromatic nitrogens is 1. The van der Waals surface area contributed by atoms with Gasteiger partial charge in [0.1, 0.15) is 12.4 Å². The zero-order chi connectivity index (χ0) is 19.6. The van der Waals surface area contributed by atoms with E-state index in [2.05, 4.69) is 4.98 Å². The van der Waals surface area contributed by atoms with Crippen LogP contribution in [0.5, 0.6) is 5.75 Å². The Morgan fingerprint density at radius 2 is 1.68 bits per heavy atom. The smallest absolute Gasteiger partial charge is 0.182 e. The minimum Gasteiger partial charge on any atom is -0.489 e. The van der Waals surface area contributed by atoms with Crippen LogP contribution < -0.4 is 4.74 Å². The molecule has 1 N–H and O–H groups in total. The van der Waals surface area contributed by atoms with Crippen molar-refractivity contribution in [1.82, 2.24) is 4.98 Å². The topological polar surface area (TPSA) is 59.2 Å². The summed E-state index contributed by atoms with van der Waals surface area (Å²) in [5.41, 5.74) is 3.75. The van der Waals surface area contributed by atoms with E-state index in [0.29, 0.717) is 11.5 Å². The Kier molecular flexibility index (Phi) is 4.92. The summed E-state index contributed by atoms with van der Waals surface area (Å²) in [6.07, 6.45) is 1.76. The van der Waals surface area contributed by atoms with E-state index in [4.69, 9.17) is 4.74 Å². The van der Waals surface area contributed by atoms with E-state index in [-0.39, 0.29) is 5.75 Å². The average Bonchev–Trinajstić information content (AvgIpc) is 3.09. The van der Waals surface area contributed by atoms with Crippen molar-refractivity contribution in [1.29, 1.82) is 0 Å². The summed E-state index contributed by atoms with van der Waals surface area (Å²) in [5.74, 6) is 0.700. The second-order valence-electron chi connectivity index (χ2n) is 6.87. The summed E-state index contributed by atoms with van der Waals surface area (Å²) in [5, 5.41) is 0.891. The number of sulfone groups is 1. The Balaban J connectivity index is 1.54. The summed E-state index contributed by atoms with van der Waals surface area (Å²) in [4.78, 5) is 3.51. The van der Waals surface area contributed by atoms with E-state index in [9.17, 15) is 8.42 Å². The fourth-order valence-corrected chi connectivity index (χ4v) is 4.51. The SMILES string of the molecule is Cc1ccc(S(=O)(=O)Cc2c[nH]c3cc(OCc4ccccc4)ccc23)cc1. The second-order valence-corrected chi connectivity index (χ2v) is 8.86. The van der Waals surface area contributed by atoms with Crippen molar-refractivity contribution in [3.05, 3.63) is 95.7 Å². The van der Waals surface area contributed by atoms with Gasteiger partial charge in [0, 0.05) is 23.2 Å². The van der Waals surface area contributed by atoms with Crippen LogP contribution in [0.25, 0.3) is 10.9 Å². The van der Waals surface area contributed by atoms with E-state index in [1.807, 2.05) is 67.6 Å². The number of aromatic amines is 1. The van der Waals surface area contributed by atoms with Gasteiger partial charge in [0.25, 0.3) is 0 Å². The number of ether oxygens (including phenoxy) is 1. The highest BCUT2D eigenvalue weighted by atomic mass is 32.2. The lowest BCUT2D eigenvalue weighted by Gasteiger charge is -2.07. The monoisotopic (exact) mass is 391 g/mol. The highest BCUT2D eigenvalue weighted by Crippen LogP contribution is 2.27. The van der Waals surface area contributed by atoms with Crippen molar-refractivity contribution >= 4 is 20.7 Å². The lowest BCUT2D eigenvalue weighted by molar-refractivity contribution is 0.306. The molecule has 0 amide bonds. The van der Waals surface area contributed by atoms with Crippen LogP contribution in [0.4, 0.5) is 0 Å². The Morgan fingerprint density at radius 3 is 2.43 bits per heavy atom. The van der Waals surface area contributed by atoms with Gasteiger partial charge in [-0.1, -0.05) is 48.0 Å². The van der Waals surface area contributed by atoms with Crippen molar-refractivity contribution in [2.75, 3.05) is 0 Å². The maximum Gasteiger partial charge on any atom is 0.182 e. The summed E-state index contributed by atoms with van der Waals surface area (Å²) in [6, 6.07) is 22.6. The highest BCUT2D eigenvalue weighted by Gasteiger charge is 2.17. The molecule has 0 bridgehead atoms. The van der Waals surface area contributed by atoms with Gasteiger partial charge in [-0.25, -0.2) is 8.42 Å². The molecule has 0 aliphatic rings. The van der Waals surface area contributed by atoms with Crippen LogP contribution in [0.15, 0.2) is 83.9 Å². The quantitative estimate of drug-likeness (QED) is 0.501. The van der Waals surface area contributed by atoms with Gasteiger partial charge >= 0.3 is 0 Å². The van der Waals surface area contributed by atoms with Gasteiger partial charge in [-0.2, -0.15) is 0 Å². The van der Waals surface area contributed by atoms with Crippen LogP contribution in [0.3, 0.4) is 0 Å². The Morgan fingerprint density at radius 1 is 0.929 bits per heavy atom. The number of hydrogen-bond acceptors (Lipinski definition) is 3. The third-order valence-corrected chi connectivity index (χ3v) is 6.39. The molecule has 3 aromatic carbocycles. The molecular weight excluding hydrogens is 370 g/mol. The van der Waals surface area contributed by atoms with Crippen molar-refractivity contribution in [2.24, 2.45) is 0 Å². The van der Waals surface area contributed by atoms with Crippen LogP contribution in [0.2, 0.25) is 0 Å². The lowest BCUT2D eigenvalue weighted by atomic mass is 10.2. The first kappa shape index (κ1) is 18.3. The van der Waals surface area contributed by atoms with E-state index < -0.39 is 9.84 Å². The van der Waals surface area contributed by atoms with Crippen molar-refractivity contribution < 1.29 is 13.2 Å². The maximum atomic E-state index is 12.7. The van der Waals surface area contributed by atoms with Gasteiger partial charge in [-0.05, 0) is 42.3 Å². The third kappa shape index (κ3) is 3.94. The minimum atomic E-state index is -3.40. The zero-order valence-electron chi connectivity index (χ0n) is 15.6. The molecule has 0 saturated carbocycles. The number of H-pyrrole nitrogens is 1. The molecule has 4 rings (SSSR count). The summed E-state index contributed by atoms with van der Waals surface area (Å²) in [7, 11) is -3.40. The van der Waals surface area contributed by atoms with Gasteiger partial charge in [-0.15, -0.1) is 0 Å². The molecule has 0 aliphatic heterocycles. The number of benzene rings is 3.